The van der Waals surface area contributed by atoms with Gasteiger partial charge in [-0.1, -0.05) is 12.1 Å². The highest BCUT2D eigenvalue weighted by Crippen LogP contribution is 2.21. The molecule has 22 heavy (non-hydrogen) atoms. The lowest BCUT2D eigenvalue weighted by molar-refractivity contribution is -0.116. The van der Waals surface area contributed by atoms with E-state index in [0.717, 1.165) is 12.1 Å². The van der Waals surface area contributed by atoms with E-state index in [4.69, 9.17) is 0 Å². The van der Waals surface area contributed by atoms with Crippen molar-refractivity contribution in [3.8, 4) is 0 Å². The summed E-state index contributed by atoms with van der Waals surface area (Å²) in [6.45, 7) is 1.30. The fourth-order valence-corrected chi connectivity index (χ4v) is 3.09. The fourth-order valence-electron chi connectivity index (χ4n) is 2.38. The van der Waals surface area contributed by atoms with Crippen LogP contribution in [-0.2, 0) is 11.2 Å². The number of urea groups is 1. The van der Waals surface area contributed by atoms with E-state index in [1.807, 2.05) is 41.8 Å². The van der Waals surface area contributed by atoms with E-state index in [9.17, 15) is 9.59 Å². The molecule has 3 amide bonds. The van der Waals surface area contributed by atoms with Gasteiger partial charge in [-0.3, -0.25) is 9.69 Å². The van der Waals surface area contributed by atoms with E-state index in [2.05, 4.69) is 10.6 Å². The molecule has 5 nitrogen and oxygen atoms in total. The number of hydrogen-bond acceptors (Lipinski definition) is 3. The Morgan fingerprint density at radius 3 is 2.95 bits per heavy atom. The molecule has 0 saturated carbocycles. The molecule has 114 valence electrons. The Labute approximate surface area is 132 Å². The zero-order valence-corrected chi connectivity index (χ0v) is 12.9. The molecule has 2 heterocycles. The third-order valence-electron chi connectivity index (χ3n) is 3.48. The maximum atomic E-state index is 12.0. The Balaban J connectivity index is 1.60. The van der Waals surface area contributed by atoms with Gasteiger partial charge in [0, 0.05) is 35.8 Å². The molecule has 1 aromatic carbocycles. The van der Waals surface area contributed by atoms with Crippen LogP contribution in [0, 0.1) is 0 Å². The third-order valence-corrected chi connectivity index (χ3v) is 4.41. The second-order valence-corrected chi connectivity index (χ2v) is 6.09. The average molecular weight is 315 g/mol. The quantitative estimate of drug-likeness (QED) is 0.891. The third kappa shape index (κ3) is 3.46. The molecule has 0 atom stereocenters. The van der Waals surface area contributed by atoms with Crippen molar-refractivity contribution in [1.29, 1.82) is 0 Å². The summed E-state index contributed by atoms with van der Waals surface area (Å²) in [5.41, 5.74) is 1.51. The molecule has 0 spiro atoms. The number of carbonyl (C=O) groups is 2. The number of nitrogens with one attached hydrogen (secondary N) is 2. The van der Waals surface area contributed by atoms with E-state index >= 15 is 0 Å². The van der Waals surface area contributed by atoms with Gasteiger partial charge in [0.1, 0.15) is 0 Å². The highest BCUT2D eigenvalue weighted by atomic mass is 32.1. The Kier molecular flexibility index (Phi) is 4.39. The van der Waals surface area contributed by atoms with Crippen molar-refractivity contribution >= 4 is 34.6 Å². The van der Waals surface area contributed by atoms with Crippen molar-refractivity contribution in [2.75, 3.05) is 23.3 Å². The monoisotopic (exact) mass is 315 g/mol. The van der Waals surface area contributed by atoms with E-state index in [1.54, 1.807) is 16.2 Å². The summed E-state index contributed by atoms with van der Waals surface area (Å²) in [7, 11) is 0. The molecule has 1 aromatic heterocycles. The van der Waals surface area contributed by atoms with Gasteiger partial charge in [0.25, 0.3) is 0 Å². The number of anilines is 2. The van der Waals surface area contributed by atoms with Crippen LogP contribution >= 0.6 is 11.3 Å². The van der Waals surface area contributed by atoms with E-state index in [-0.39, 0.29) is 11.9 Å². The predicted molar refractivity (Wildman–Crippen MR) is 88.5 cm³/mol. The summed E-state index contributed by atoms with van der Waals surface area (Å²) >= 11 is 1.66. The van der Waals surface area contributed by atoms with Gasteiger partial charge in [-0.25, -0.2) is 4.79 Å². The summed E-state index contributed by atoms with van der Waals surface area (Å²) in [4.78, 5) is 26.6. The Morgan fingerprint density at radius 2 is 2.23 bits per heavy atom. The lowest BCUT2D eigenvalue weighted by atomic mass is 10.2. The number of nitrogens with zero attached hydrogens (tertiary/aromatic N) is 1. The summed E-state index contributed by atoms with van der Waals surface area (Å²) < 4.78 is 0. The highest BCUT2D eigenvalue weighted by molar-refractivity contribution is 7.09. The number of amides is 3. The first kappa shape index (κ1) is 14.6. The second kappa shape index (κ2) is 6.62. The summed E-state index contributed by atoms with van der Waals surface area (Å²) in [6.07, 6.45) is 1.20. The fraction of sp³-hybridized carbons (Fsp3) is 0.250. The van der Waals surface area contributed by atoms with Gasteiger partial charge in [-0.15, -0.1) is 11.3 Å². The largest absolute Gasteiger partial charge is 0.336 e. The molecule has 3 rings (SSSR count). The molecule has 2 N–H and O–H groups in total. The molecule has 0 aliphatic carbocycles. The molecular weight excluding hydrogens is 298 g/mol. The number of thiophene rings is 1. The first-order valence-electron chi connectivity index (χ1n) is 7.20. The lowest BCUT2D eigenvalue weighted by Crippen LogP contribution is -2.27. The molecular formula is C16H17N3O2S. The molecule has 0 unspecified atom stereocenters. The molecule has 1 fully saturated rings. The van der Waals surface area contributed by atoms with Gasteiger partial charge in [0.05, 0.1) is 0 Å². The summed E-state index contributed by atoms with van der Waals surface area (Å²) in [6, 6.07) is 11.3. The number of rotatable bonds is 5. The summed E-state index contributed by atoms with van der Waals surface area (Å²) in [5, 5.41) is 7.67. The average Bonchev–Trinajstić information content (AvgIpc) is 3.16. The van der Waals surface area contributed by atoms with E-state index in [1.165, 1.54) is 4.88 Å². The molecule has 1 saturated heterocycles. The molecule has 2 aromatic rings. The molecule has 1 aliphatic heterocycles. The number of benzene rings is 1. The van der Waals surface area contributed by atoms with E-state index < -0.39 is 0 Å². The van der Waals surface area contributed by atoms with Gasteiger partial charge in [-0.2, -0.15) is 0 Å². The van der Waals surface area contributed by atoms with Crippen LogP contribution in [0.4, 0.5) is 16.2 Å². The van der Waals surface area contributed by atoms with Gasteiger partial charge < -0.3 is 10.6 Å². The Bertz CT molecular complexity index is 670. The lowest BCUT2D eigenvalue weighted by Gasteiger charge is -2.15. The highest BCUT2D eigenvalue weighted by Gasteiger charge is 2.21. The van der Waals surface area contributed by atoms with Crippen LogP contribution in [-0.4, -0.2) is 25.0 Å². The summed E-state index contributed by atoms with van der Waals surface area (Å²) in [5.74, 6) is -0.0172. The van der Waals surface area contributed by atoms with Gasteiger partial charge in [0.2, 0.25) is 5.91 Å². The van der Waals surface area contributed by atoms with Crippen molar-refractivity contribution in [2.24, 2.45) is 0 Å². The van der Waals surface area contributed by atoms with Crippen molar-refractivity contribution in [3.63, 3.8) is 0 Å². The SMILES string of the molecule is O=C(CCc1cccs1)Nc1cccc(N2CCNC2=O)c1. The number of aryl methyl sites for hydroxylation is 1. The standard InChI is InChI=1S/C16H17N3O2S/c20-15(7-6-14-5-2-10-22-14)18-12-3-1-4-13(11-12)19-9-8-17-16(19)21/h1-5,10-11H,6-9H2,(H,17,21)(H,18,20). The maximum absolute atomic E-state index is 12.0. The smallest absolute Gasteiger partial charge is 0.321 e. The molecule has 0 radical (unpaired) electrons. The molecule has 1 aliphatic rings. The van der Waals surface area contributed by atoms with Crippen molar-refractivity contribution in [3.05, 3.63) is 46.7 Å². The van der Waals surface area contributed by atoms with Crippen LogP contribution in [0.1, 0.15) is 11.3 Å². The normalized spacial score (nSPS) is 14.0. The maximum Gasteiger partial charge on any atom is 0.321 e. The van der Waals surface area contributed by atoms with Gasteiger partial charge in [-0.05, 0) is 36.1 Å². The zero-order valence-electron chi connectivity index (χ0n) is 12.0. The van der Waals surface area contributed by atoms with Crippen molar-refractivity contribution < 1.29 is 9.59 Å². The Hall–Kier alpha value is -2.34. The first-order chi connectivity index (χ1) is 10.7. The van der Waals surface area contributed by atoms with Crippen LogP contribution in [0.3, 0.4) is 0 Å². The minimum atomic E-state index is -0.0961. The minimum absolute atomic E-state index is 0.0172. The first-order valence-corrected chi connectivity index (χ1v) is 8.08. The topological polar surface area (TPSA) is 61.4 Å². The second-order valence-electron chi connectivity index (χ2n) is 5.06. The van der Waals surface area contributed by atoms with Crippen LogP contribution in [0.5, 0.6) is 0 Å². The number of carbonyl (C=O) groups excluding carboxylic acids is 2. The van der Waals surface area contributed by atoms with Gasteiger partial charge in [0.15, 0.2) is 0 Å². The van der Waals surface area contributed by atoms with Crippen LogP contribution in [0.25, 0.3) is 0 Å². The number of hydrogen-bond donors (Lipinski definition) is 2. The van der Waals surface area contributed by atoms with Gasteiger partial charge >= 0.3 is 6.03 Å². The Morgan fingerprint density at radius 1 is 1.32 bits per heavy atom. The predicted octanol–water partition coefficient (Wildman–Crippen LogP) is 2.85. The van der Waals surface area contributed by atoms with Crippen LogP contribution in [0.2, 0.25) is 0 Å². The van der Waals surface area contributed by atoms with Crippen molar-refractivity contribution in [2.45, 2.75) is 12.8 Å². The molecule has 0 bridgehead atoms. The van der Waals surface area contributed by atoms with Crippen molar-refractivity contribution in [1.82, 2.24) is 5.32 Å². The minimum Gasteiger partial charge on any atom is -0.336 e. The van der Waals surface area contributed by atoms with E-state index in [0.29, 0.717) is 25.2 Å². The molecule has 6 heteroatoms. The van der Waals surface area contributed by atoms with Crippen LogP contribution < -0.4 is 15.5 Å². The van der Waals surface area contributed by atoms with Crippen LogP contribution in [0.15, 0.2) is 41.8 Å². The zero-order chi connectivity index (χ0) is 15.4.